The summed E-state index contributed by atoms with van der Waals surface area (Å²) < 4.78 is 43.6. The fourth-order valence-electron chi connectivity index (χ4n) is 5.24. The second-order valence-corrected chi connectivity index (χ2v) is 10.5. The van der Waals surface area contributed by atoms with E-state index in [-0.39, 0.29) is 0 Å². The predicted molar refractivity (Wildman–Crippen MR) is 123 cm³/mol. The third-order valence-corrected chi connectivity index (χ3v) is 7.65. The van der Waals surface area contributed by atoms with Gasteiger partial charge in [0.2, 0.25) is 0 Å². The summed E-state index contributed by atoms with van der Waals surface area (Å²) in [5.41, 5.74) is 0. The number of hydrogen-bond acceptors (Lipinski definition) is 17. The number of ether oxygens (including phenoxy) is 8. The van der Waals surface area contributed by atoms with E-state index in [0.29, 0.717) is 0 Å². The molecule has 16 unspecified atom stereocenters. The molecule has 0 bridgehead atoms. The summed E-state index contributed by atoms with van der Waals surface area (Å²) in [6.45, 7) is 2.98. The summed E-state index contributed by atoms with van der Waals surface area (Å²) in [6, 6.07) is 0. The Balaban J connectivity index is 1.61. The zero-order valence-corrected chi connectivity index (χ0v) is 22.2. The van der Waals surface area contributed by atoms with Gasteiger partial charge in [-0.3, -0.25) is 0 Å². The molecule has 0 aromatic heterocycles. The van der Waals surface area contributed by atoms with Gasteiger partial charge in [0.15, 0.2) is 18.9 Å². The number of fused-ring (bicyclic) bond motifs is 1. The van der Waals surface area contributed by atoms with Crippen LogP contribution in [-0.2, 0) is 42.7 Å². The van der Waals surface area contributed by atoms with Crippen molar-refractivity contribution in [2.75, 3.05) is 13.2 Å². The second kappa shape index (κ2) is 12.5. The molecule has 18 heteroatoms. The molecule has 4 heterocycles. The van der Waals surface area contributed by atoms with Gasteiger partial charge in [-0.05, 0) is 6.92 Å². The lowest BCUT2D eigenvalue weighted by molar-refractivity contribution is -0.412. The van der Waals surface area contributed by atoms with Crippen molar-refractivity contribution in [1.29, 1.82) is 0 Å². The molecule has 4 fully saturated rings. The second-order valence-electron chi connectivity index (χ2n) is 10.5. The Morgan fingerprint density at radius 3 is 2.12 bits per heavy atom. The van der Waals surface area contributed by atoms with Crippen LogP contribution in [0.2, 0.25) is 0 Å². The zero-order valence-electron chi connectivity index (χ0n) is 22.2. The van der Waals surface area contributed by atoms with Crippen LogP contribution in [0, 0.1) is 5.92 Å². The first-order chi connectivity index (χ1) is 19.2. The number of carboxylic acid groups (broad SMARTS) is 1. The topological polar surface area (TPSA) is 270 Å². The molecule has 41 heavy (non-hydrogen) atoms. The molecule has 4 saturated heterocycles. The van der Waals surface area contributed by atoms with E-state index >= 15 is 0 Å². The lowest BCUT2D eigenvalue weighted by Crippen LogP contribution is -2.69. The first-order valence-corrected chi connectivity index (χ1v) is 12.9. The number of carbonyl (C=O) groups excluding carboxylic acids is 1. The predicted octanol–water partition coefficient (Wildman–Crippen LogP) is -4.27. The third kappa shape index (κ3) is 6.36. The van der Waals surface area contributed by atoms with Crippen LogP contribution in [0.3, 0.4) is 0 Å². The largest absolute Gasteiger partial charge is 0.513 e. The lowest BCUT2D eigenvalue weighted by atomic mass is 9.90. The van der Waals surface area contributed by atoms with Gasteiger partial charge in [-0.25, -0.2) is 9.59 Å². The van der Waals surface area contributed by atoms with Crippen molar-refractivity contribution < 1.29 is 88.3 Å². The minimum atomic E-state index is -2.31. The minimum absolute atomic E-state index is 0.440. The molecule has 236 valence electrons. The number of rotatable bonds is 6. The normalized spacial score (nSPS) is 50.5. The standard InChI is InChI=1S/C23H36O18/c1-6-10(25)18(30)35-7(2)15(6)38-20-14(29)17(39-19-13(28)12(27)11(26)8(4-24)36-19)16-9(37-20)5-34-23(3,41-16)21(31)40-22(32)33/h6-20,24-30H,4-5H2,1-3H3,(H,32,33). The molecular formula is C23H36O18. The highest BCUT2D eigenvalue weighted by molar-refractivity contribution is 5.86. The van der Waals surface area contributed by atoms with E-state index in [1.54, 1.807) is 13.8 Å². The smallest absolute Gasteiger partial charge is 0.449 e. The van der Waals surface area contributed by atoms with Gasteiger partial charge < -0.3 is 78.7 Å². The van der Waals surface area contributed by atoms with E-state index in [1.165, 1.54) is 0 Å². The first kappa shape index (κ1) is 32.3. The summed E-state index contributed by atoms with van der Waals surface area (Å²) in [6.07, 6.45) is -22.5. The fraction of sp³-hybridized carbons (Fsp3) is 0.913. The SMILES string of the molecule is CC1OC(O)C(O)C(C)C1OC1OC2COC(C)(C(=O)OC(=O)O)OC2C(OC2OC(CO)C(O)C(O)C2O)C1O. The fourth-order valence-corrected chi connectivity index (χ4v) is 5.24. The Labute approximate surface area is 232 Å². The van der Waals surface area contributed by atoms with Gasteiger partial charge in [-0.2, -0.15) is 0 Å². The van der Waals surface area contributed by atoms with Crippen LogP contribution in [0.5, 0.6) is 0 Å². The molecule has 0 spiro atoms. The van der Waals surface area contributed by atoms with Gasteiger partial charge >= 0.3 is 12.1 Å². The van der Waals surface area contributed by atoms with Crippen molar-refractivity contribution in [1.82, 2.24) is 0 Å². The van der Waals surface area contributed by atoms with E-state index in [2.05, 4.69) is 4.74 Å². The monoisotopic (exact) mass is 600 g/mol. The molecule has 4 rings (SSSR count). The zero-order chi connectivity index (χ0) is 30.4. The lowest BCUT2D eigenvalue weighted by Gasteiger charge is -2.52. The molecule has 0 radical (unpaired) electrons. The molecule has 0 amide bonds. The van der Waals surface area contributed by atoms with Gasteiger partial charge in [-0.15, -0.1) is 0 Å². The quantitative estimate of drug-likeness (QED) is 0.106. The van der Waals surface area contributed by atoms with Crippen LogP contribution < -0.4 is 0 Å². The summed E-state index contributed by atoms with van der Waals surface area (Å²) in [7, 11) is 0. The van der Waals surface area contributed by atoms with Gasteiger partial charge in [0, 0.05) is 12.8 Å². The van der Waals surface area contributed by atoms with Gasteiger partial charge in [-0.1, -0.05) is 6.92 Å². The highest BCUT2D eigenvalue weighted by atomic mass is 16.8. The summed E-state index contributed by atoms with van der Waals surface area (Å²) in [4.78, 5) is 23.3. The van der Waals surface area contributed by atoms with Crippen molar-refractivity contribution in [3.63, 3.8) is 0 Å². The van der Waals surface area contributed by atoms with Gasteiger partial charge in [0.25, 0.3) is 5.79 Å². The van der Waals surface area contributed by atoms with Crippen molar-refractivity contribution in [2.24, 2.45) is 5.92 Å². The van der Waals surface area contributed by atoms with E-state index in [9.17, 15) is 45.3 Å². The van der Waals surface area contributed by atoms with E-state index < -0.39 is 123 Å². The summed E-state index contributed by atoms with van der Waals surface area (Å²) in [5, 5.41) is 80.7. The molecule has 8 N–H and O–H groups in total. The third-order valence-electron chi connectivity index (χ3n) is 7.65. The van der Waals surface area contributed by atoms with Crippen LogP contribution in [0.15, 0.2) is 0 Å². The average Bonchev–Trinajstić information content (AvgIpc) is 2.91. The number of hydrogen-bond donors (Lipinski definition) is 8. The summed E-state index contributed by atoms with van der Waals surface area (Å²) >= 11 is 0. The molecule has 18 nitrogen and oxygen atoms in total. The Morgan fingerprint density at radius 2 is 1.49 bits per heavy atom. The number of carbonyl (C=O) groups is 2. The average molecular weight is 601 g/mol. The maximum absolute atomic E-state index is 12.4. The van der Waals surface area contributed by atoms with Crippen molar-refractivity contribution in [2.45, 2.75) is 113 Å². The van der Waals surface area contributed by atoms with Crippen LogP contribution in [0.4, 0.5) is 4.79 Å². The highest BCUT2D eigenvalue weighted by Crippen LogP contribution is 2.38. The number of aliphatic hydroxyl groups excluding tert-OH is 7. The number of esters is 1. The molecule has 4 aliphatic heterocycles. The Morgan fingerprint density at radius 1 is 0.854 bits per heavy atom. The van der Waals surface area contributed by atoms with Crippen molar-refractivity contribution in [3.8, 4) is 0 Å². The van der Waals surface area contributed by atoms with Crippen molar-refractivity contribution in [3.05, 3.63) is 0 Å². The minimum Gasteiger partial charge on any atom is -0.449 e. The highest BCUT2D eigenvalue weighted by Gasteiger charge is 2.58. The maximum Gasteiger partial charge on any atom is 0.513 e. The van der Waals surface area contributed by atoms with Crippen LogP contribution in [0.25, 0.3) is 0 Å². The molecule has 16 atom stereocenters. The first-order valence-electron chi connectivity index (χ1n) is 12.9. The molecule has 4 aliphatic rings. The van der Waals surface area contributed by atoms with Crippen LogP contribution in [0.1, 0.15) is 20.8 Å². The van der Waals surface area contributed by atoms with E-state index in [0.717, 1.165) is 6.92 Å². The molecule has 0 saturated carbocycles. The Kier molecular flexibility index (Phi) is 9.88. The van der Waals surface area contributed by atoms with Gasteiger partial charge in [0.05, 0.1) is 25.4 Å². The van der Waals surface area contributed by atoms with Crippen molar-refractivity contribution >= 4 is 12.1 Å². The van der Waals surface area contributed by atoms with E-state index in [1.807, 2.05) is 0 Å². The van der Waals surface area contributed by atoms with E-state index in [4.69, 9.17) is 38.3 Å². The Bertz CT molecular complexity index is 934. The number of aliphatic hydroxyl groups is 7. The molecular weight excluding hydrogens is 564 g/mol. The van der Waals surface area contributed by atoms with Crippen LogP contribution >= 0.6 is 0 Å². The van der Waals surface area contributed by atoms with Gasteiger partial charge in [0.1, 0.15) is 54.9 Å². The molecule has 0 aliphatic carbocycles. The maximum atomic E-state index is 12.4. The summed E-state index contributed by atoms with van der Waals surface area (Å²) in [5.74, 6) is -4.47. The van der Waals surface area contributed by atoms with Crippen LogP contribution in [-0.4, -0.2) is 158 Å². The Hall–Kier alpha value is -1.62. The molecule has 0 aromatic carbocycles. The molecule has 0 aromatic rings.